The third-order valence-electron chi connectivity index (χ3n) is 5.05. The molecule has 1 heterocycles. The Labute approximate surface area is 183 Å². The first-order valence-electron chi connectivity index (χ1n) is 9.97. The molecule has 2 aromatic rings. The van der Waals surface area contributed by atoms with E-state index in [0.717, 1.165) is 17.7 Å². The summed E-state index contributed by atoms with van der Waals surface area (Å²) in [5.41, 5.74) is 6.11. The number of amides is 3. The SMILES string of the molecule is C[C@H](N)C(=O)N(C(=O)[C@H](O)c1cc(F)cc(F)c1)[C@H]1C=CC[C@@H](c2ccccc2)NC1=O. The van der Waals surface area contributed by atoms with Crippen LogP contribution in [-0.4, -0.2) is 39.8 Å². The Hall–Kier alpha value is -3.43. The van der Waals surface area contributed by atoms with Crippen LogP contribution in [0, 0.1) is 11.6 Å². The number of benzene rings is 2. The minimum atomic E-state index is -2.09. The smallest absolute Gasteiger partial charge is 0.263 e. The summed E-state index contributed by atoms with van der Waals surface area (Å²) < 4.78 is 27.2. The first-order chi connectivity index (χ1) is 15.2. The van der Waals surface area contributed by atoms with Gasteiger partial charge in [-0.15, -0.1) is 0 Å². The van der Waals surface area contributed by atoms with E-state index in [4.69, 9.17) is 5.73 Å². The second-order valence-corrected chi connectivity index (χ2v) is 7.52. The van der Waals surface area contributed by atoms with Gasteiger partial charge in [0.2, 0.25) is 11.8 Å². The summed E-state index contributed by atoms with van der Waals surface area (Å²) in [6.45, 7) is 1.32. The van der Waals surface area contributed by atoms with Crippen molar-refractivity contribution in [2.45, 2.75) is 37.6 Å². The zero-order valence-corrected chi connectivity index (χ0v) is 17.2. The van der Waals surface area contributed by atoms with Crippen LogP contribution in [0.2, 0.25) is 0 Å². The number of aliphatic hydroxyl groups is 1. The third-order valence-corrected chi connectivity index (χ3v) is 5.05. The van der Waals surface area contributed by atoms with Gasteiger partial charge in [0.1, 0.15) is 17.7 Å². The number of carbonyl (C=O) groups is 3. The van der Waals surface area contributed by atoms with Crippen molar-refractivity contribution in [2.75, 3.05) is 0 Å². The van der Waals surface area contributed by atoms with Gasteiger partial charge in [-0.2, -0.15) is 0 Å². The third kappa shape index (κ3) is 5.06. The lowest BCUT2D eigenvalue weighted by molar-refractivity contribution is -0.156. The number of imide groups is 1. The van der Waals surface area contributed by atoms with E-state index in [1.807, 2.05) is 30.3 Å². The molecule has 4 atom stereocenters. The molecule has 3 rings (SSSR count). The van der Waals surface area contributed by atoms with Crippen molar-refractivity contribution in [3.05, 3.63) is 83.4 Å². The monoisotopic (exact) mass is 443 g/mol. The van der Waals surface area contributed by atoms with E-state index in [1.54, 1.807) is 6.08 Å². The van der Waals surface area contributed by atoms with Crippen LogP contribution in [0.1, 0.15) is 36.6 Å². The second kappa shape index (κ2) is 9.80. The average molecular weight is 443 g/mol. The minimum absolute atomic E-state index is 0.393. The van der Waals surface area contributed by atoms with Gasteiger partial charge >= 0.3 is 0 Å². The molecule has 0 radical (unpaired) electrons. The average Bonchev–Trinajstić information content (AvgIpc) is 2.95. The molecule has 9 heteroatoms. The van der Waals surface area contributed by atoms with Gasteiger partial charge in [-0.05, 0) is 36.6 Å². The highest BCUT2D eigenvalue weighted by Gasteiger charge is 2.39. The number of hydrogen-bond acceptors (Lipinski definition) is 5. The summed E-state index contributed by atoms with van der Waals surface area (Å²) in [5.74, 6) is -4.81. The molecule has 0 spiro atoms. The number of hydrogen-bond donors (Lipinski definition) is 3. The van der Waals surface area contributed by atoms with Gasteiger partial charge in [0.25, 0.3) is 5.91 Å². The van der Waals surface area contributed by atoms with Gasteiger partial charge in [-0.3, -0.25) is 19.3 Å². The minimum Gasteiger partial charge on any atom is -0.378 e. The van der Waals surface area contributed by atoms with Crippen LogP contribution in [0.3, 0.4) is 0 Å². The Morgan fingerprint density at radius 3 is 2.34 bits per heavy atom. The van der Waals surface area contributed by atoms with Gasteiger partial charge in [-0.25, -0.2) is 8.78 Å². The number of aliphatic hydroxyl groups excluding tert-OH is 1. The number of nitrogens with zero attached hydrogens (tertiary/aromatic N) is 1. The Morgan fingerprint density at radius 1 is 1.12 bits per heavy atom. The van der Waals surface area contributed by atoms with Crippen LogP contribution in [0.4, 0.5) is 8.78 Å². The van der Waals surface area contributed by atoms with Crippen molar-refractivity contribution in [1.29, 1.82) is 0 Å². The summed E-state index contributed by atoms with van der Waals surface area (Å²) in [5, 5.41) is 13.3. The molecule has 7 nitrogen and oxygen atoms in total. The normalized spacial score (nSPS) is 20.1. The molecule has 3 amide bonds. The summed E-state index contributed by atoms with van der Waals surface area (Å²) >= 11 is 0. The van der Waals surface area contributed by atoms with E-state index in [-0.39, 0.29) is 0 Å². The van der Waals surface area contributed by atoms with E-state index in [9.17, 15) is 28.3 Å². The van der Waals surface area contributed by atoms with Crippen molar-refractivity contribution in [1.82, 2.24) is 10.2 Å². The Kier molecular flexibility index (Phi) is 7.12. The van der Waals surface area contributed by atoms with Crippen molar-refractivity contribution >= 4 is 17.7 Å². The lowest BCUT2D eigenvalue weighted by Gasteiger charge is -2.30. The summed E-state index contributed by atoms with van der Waals surface area (Å²) in [4.78, 5) is 39.4. The molecule has 0 saturated carbocycles. The highest BCUT2D eigenvalue weighted by molar-refractivity contribution is 6.04. The number of nitrogens with two attached hydrogens (primary N) is 1. The second-order valence-electron chi connectivity index (χ2n) is 7.52. The maximum atomic E-state index is 13.6. The summed E-state index contributed by atoms with van der Waals surface area (Å²) in [7, 11) is 0. The number of nitrogens with one attached hydrogen (secondary N) is 1. The molecule has 1 aliphatic rings. The Morgan fingerprint density at radius 2 is 1.75 bits per heavy atom. The van der Waals surface area contributed by atoms with E-state index >= 15 is 0 Å². The van der Waals surface area contributed by atoms with Crippen molar-refractivity contribution in [2.24, 2.45) is 5.73 Å². The topological polar surface area (TPSA) is 113 Å². The fourth-order valence-electron chi connectivity index (χ4n) is 3.46. The molecule has 0 aliphatic carbocycles. The molecule has 168 valence electrons. The van der Waals surface area contributed by atoms with E-state index in [1.165, 1.54) is 13.0 Å². The highest BCUT2D eigenvalue weighted by atomic mass is 19.1. The lowest BCUT2D eigenvalue weighted by atomic mass is 10.0. The van der Waals surface area contributed by atoms with Gasteiger partial charge < -0.3 is 16.2 Å². The summed E-state index contributed by atoms with van der Waals surface area (Å²) in [6, 6.07) is 8.28. The fourth-order valence-corrected chi connectivity index (χ4v) is 3.46. The first-order valence-corrected chi connectivity index (χ1v) is 9.97. The molecule has 4 N–H and O–H groups in total. The van der Waals surface area contributed by atoms with Gasteiger partial charge in [0.05, 0.1) is 12.1 Å². The predicted octanol–water partition coefficient (Wildman–Crippen LogP) is 1.89. The molecule has 0 fully saturated rings. The zero-order chi connectivity index (χ0) is 23.4. The van der Waals surface area contributed by atoms with Crippen molar-refractivity contribution in [3.63, 3.8) is 0 Å². The van der Waals surface area contributed by atoms with Crippen molar-refractivity contribution in [3.8, 4) is 0 Å². The van der Waals surface area contributed by atoms with E-state index in [2.05, 4.69) is 5.32 Å². The van der Waals surface area contributed by atoms with Crippen LogP contribution in [-0.2, 0) is 14.4 Å². The lowest BCUT2D eigenvalue weighted by Crippen LogP contribution is -2.56. The molecule has 2 aromatic carbocycles. The largest absolute Gasteiger partial charge is 0.378 e. The summed E-state index contributed by atoms with van der Waals surface area (Å²) in [6.07, 6.45) is 1.33. The molecule has 0 aromatic heterocycles. The Balaban J connectivity index is 1.92. The number of rotatable bonds is 5. The quantitative estimate of drug-likeness (QED) is 0.611. The van der Waals surface area contributed by atoms with Crippen LogP contribution in [0.25, 0.3) is 0 Å². The predicted molar refractivity (Wildman–Crippen MR) is 112 cm³/mol. The molecule has 0 saturated heterocycles. The molecule has 0 unspecified atom stereocenters. The maximum Gasteiger partial charge on any atom is 0.263 e. The molecule has 1 aliphatic heterocycles. The number of carbonyl (C=O) groups excluding carboxylic acids is 3. The van der Waals surface area contributed by atoms with E-state index < -0.39 is 59.1 Å². The van der Waals surface area contributed by atoms with Crippen LogP contribution in [0.5, 0.6) is 0 Å². The van der Waals surface area contributed by atoms with Crippen LogP contribution < -0.4 is 11.1 Å². The number of halogens is 2. The van der Waals surface area contributed by atoms with Gasteiger partial charge in [-0.1, -0.05) is 42.5 Å². The molecular weight excluding hydrogens is 420 g/mol. The van der Waals surface area contributed by atoms with Crippen molar-refractivity contribution < 1.29 is 28.3 Å². The fraction of sp³-hybridized carbons (Fsp3) is 0.261. The molecular formula is C23H23F2N3O4. The van der Waals surface area contributed by atoms with Crippen LogP contribution in [0.15, 0.2) is 60.7 Å². The zero-order valence-electron chi connectivity index (χ0n) is 17.2. The standard InChI is InChI=1S/C23H23F2N3O4/c1-13(26)22(31)28(23(32)20(29)15-10-16(24)12-17(25)11-15)19-9-5-8-18(27-21(19)30)14-6-3-2-4-7-14/h2-7,9-13,18-20,29H,8,26H2,1H3,(H,27,30)/t13-,18-,19-,20+/m0/s1. The van der Waals surface area contributed by atoms with Gasteiger partial charge in [0, 0.05) is 6.07 Å². The van der Waals surface area contributed by atoms with Gasteiger partial charge in [0.15, 0.2) is 6.10 Å². The highest BCUT2D eigenvalue weighted by Crippen LogP contribution is 2.24. The maximum absolute atomic E-state index is 13.6. The molecule has 32 heavy (non-hydrogen) atoms. The van der Waals surface area contributed by atoms with E-state index in [0.29, 0.717) is 17.4 Å². The first kappa shape index (κ1) is 23.2. The Bertz CT molecular complexity index is 1020. The molecule has 0 bridgehead atoms. The van der Waals surface area contributed by atoms with Crippen LogP contribution >= 0.6 is 0 Å².